The lowest BCUT2D eigenvalue weighted by atomic mass is 9.99. The summed E-state index contributed by atoms with van der Waals surface area (Å²) in [5, 5.41) is 1.15. The predicted molar refractivity (Wildman–Crippen MR) is 120 cm³/mol. The van der Waals surface area contributed by atoms with Gasteiger partial charge in [0.1, 0.15) is 5.82 Å². The number of benzene rings is 3. The summed E-state index contributed by atoms with van der Waals surface area (Å²) in [6.45, 7) is 5.10. The molecule has 146 valence electrons. The first-order chi connectivity index (χ1) is 14.1. The van der Waals surface area contributed by atoms with E-state index in [9.17, 15) is 4.39 Å². The summed E-state index contributed by atoms with van der Waals surface area (Å²) in [5.41, 5.74) is 5.46. The molecule has 0 spiro atoms. The SMILES string of the molecule is CC[C@@H](C)c1ccc(N=Cc2ccc3c(ccn3Cc3cccc(F)c3)c2)cc1. The first kappa shape index (κ1) is 19.1. The van der Waals surface area contributed by atoms with Gasteiger partial charge in [-0.1, -0.05) is 44.2 Å². The summed E-state index contributed by atoms with van der Waals surface area (Å²) in [5.74, 6) is 0.376. The molecule has 0 fully saturated rings. The van der Waals surface area contributed by atoms with Gasteiger partial charge in [0.15, 0.2) is 0 Å². The molecule has 29 heavy (non-hydrogen) atoms. The number of rotatable bonds is 6. The van der Waals surface area contributed by atoms with E-state index in [2.05, 4.69) is 71.9 Å². The van der Waals surface area contributed by atoms with Gasteiger partial charge in [-0.2, -0.15) is 0 Å². The van der Waals surface area contributed by atoms with Crippen LogP contribution in [0, 0.1) is 5.82 Å². The van der Waals surface area contributed by atoms with E-state index in [-0.39, 0.29) is 5.82 Å². The summed E-state index contributed by atoms with van der Waals surface area (Å²) >= 11 is 0. The molecule has 0 saturated heterocycles. The van der Waals surface area contributed by atoms with Crippen LogP contribution in [0.5, 0.6) is 0 Å². The van der Waals surface area contributed by atoms with Gasteiger partial charge in [0.2, 0.25) is 0 Å². The minimum atomic E-state index is -0.199. The molecule has 2 nitrogen and oxygen atoms in total. The topological polar surface area (TPSA) is 17.3 Å². The van der Waals surface area contributed by atoms with Crippen LogP contribution in [0.3, 0.4) is 0 Å². The molecule has 1 heterocycles. The highest BCUT2D eigenvalue weighted by molar-refractivity contribution is 5.90. The minimum Gasteiger partial charge on any atom is -0.343 e. The molecule has 4 aromatic rings. The quantitative estimate of drug-likeness (QED) is 0.316. The highest BCUT2D eigenvalue weighted by Crippen LogP contribution is 2.22. The summed E-state index contributed by atoms with van der Waals surface area (Å²) in [7, 11) is 0. The zero-order valence-electron chi connectivity index (χ0n) is 16.8. The lowest BCUT2D eigenvalue weighted by Crippen LogP contribution is -1.98. The second-order valence-corrected chi connectivity index (χ2v) is 7.55. The zero-order valence-corrected chi connectivity index (χ0v) is 16.8. The largest absolute Gasteiger partial charge is 0.343 e. The van der Waals surface area contributed by atoms with Crippen molar-refractivity contribution in [2.45, 2.75) is 32.7 Å². The first-order valence-electron chi connectivity index (χ1n) is 10.1. The number of hydrogen-bond donors (Lipinski definition) is 0. The van der Waals surface area contributed by atoms with Crippen LogP contribution in [-0.4, -0.2) is 10.8 Å². The lowest BCUT2D eigenvalue weighted by Gasteiger charge is -2.08. The molecule has 0 aliphatic heterocycles. The molecular weight excluding hydrogens is 359 g/mol. The van der Waals surface area contributed by atoms with Crippen molar-refractivity contribution in [1.29, 1.82) is 0 Å². The van der Waals surface area contributed by atoms with Crippen LogP contribution in [-0.2, 0) is 6.54 Å². The molecule has 0 saturated carbocycles. The Morgan fingerprint density at radius 3 is 2.59 bits per heavy atom. The second-order valence-electron chi connectivity index (χ2n) is 7.55. The molecular formula is C26H25FN2. The Labute approximate surface area is 171 Å². The lowest BCUT2D eigenvalue weighted by molar-refractivity contribution is 0.624. The molecule has 0 N–H and O–H groups in total. The van der Waals surface area contributed by atoms with E-state index >= 15 is 0 Å². The smallest absolute Gasteiger partial charge is 0.123 e. The third-order valence-electron chi connectivity index (χ3n) is 5.47. The molecule has 0 amide bonds. The maximum absolute atomic E-state index is 13.4. The molecule has 3 aromatic carbocycles. The monoisotopic (exact) mass is 384 g/mol. The minimum absolute atomic E-state index is 0.199. The molecule has 1 aromatic heterocycles. The maximum atomic E-state index is 13.4. The molecule has 0 unspecified atom stereocenters. The predicted octanol–water partition coefficient (Wildman–Crippen LogP) is 7.09. The van der Waals surface area contributed by atoms with Gasteiger partial charge in [0.25, 0.3) is 0 Å². The van der Waals surface area contributed by atoms with Crippen molar-refractivity contribution in [1.82, 2.24) is 4.57 Å². The van der Waals surface area contributed by atoms with Gasteiger partial charge in [0, 0.05) is 29.9 Å². The first-order valence-corrected chi connectivity index (χ1v) is 10.1. The number of fused-ring (bicyclic) bond motifs is 1. The number of halogens is 1. The van der Waals surface area contributed by atoms with Crippen molar-refractivity contribution in [3.05, 3.63) is 102 Å². The Balaban J connectivity index is 1.51. The van der Waals surface area contributed by atoms with Gasteiger partial charge >= 0.3 is 0 Å². The van der Waals surface area contributed by atoms with Gasteiger partial charge in [-0.15, -0.1) is 0 Å². The van der Waals surface area contributed by atoms with Crippen LogP contribution < -0.4 is 0 Å². The van der Waals surface area contributed by atoms with E-state index in [0.29, 0.717) is 12.5 Å². The Morgan fingerprint density at radius 1 is 1.00 bits per heavy atom. The van der Waals surface area contributed by atoms with E-state index in [1.54, 1.807) is 12.1 Å². The molecule has 0 aliphatic carbocycles. The van der Waals surface area contributed by atoms with Gasteiger partial charge in [-0.25, -0.2) is 4.39 Å². The van der Waals surface area contributed by atoms with Crippen molar-refractivity contribution in [2.24, 2.45) is 4.99 Å². The van der Waals surface area contributed by atoms with Gasteiger partial charge in [-0.05, 0) is 71.5 Å². The zero-order chi connectivity index (χ0) is 20.2. The fraction of sp³-hybridized carbons (Fsp3) is 0.192. The fourth-order valence-corrected chi connectivity index (χ4v) is 3.54. The Kier molecular flexibility index (Phi) is 5.57. The summed E-state index contributed by atoms with van der Waals surface area (Å²) in [6, 6.07) is 23.6. The summed E-state index contributed by atoms with van der Waals surface area (Å²) < 4.78 is 15.6. The Hall–Kier alpha value is -3.20. The van der Waals surface area contributed by atoms with E-state index in [1.165, 1.54) is 11.6 Å². The Morgan fingerprint density at radius 2 is 1.83 bits per heavy atom. The van der Waals surface area contributed by atoms with Crippen molar-refractivity contribution in [3.63, 3.8) is 0 Å². The molecule has 0 bridgehead atoms. The van der Waals surface area contributed by atoms with Gasteiger partial charge < -0.3 is 4.57 Å². The van der Waals surface area contributed by atoms with Gasteiger partial charge in [0.05, 0.1) is 5.69 Å². The van der Waals surface area contributed by atoms with E-state index in [1.807, 2.05) is 18.5 Å². The average Bonchev–Trinajstić information content (AvgIpc) is 3.14. The van der Waals surface area contributed by atoms with Crippen molar-refractivity contribution in [2.75, 3.05) is 0 Å². The number of aliphatic imine (C=N–C) groups is 1. The van der Waals surface area contributed by atoms with Crippen LogP contribution in [0.1, 0.15) is 42.9 Å². The second kappa shape index (κ2) is 8.44. The summed E-state index contributed by atoms with van der Waals surface area (Å²) in [6.07, 6.45) is 5.09. The van der Waals surface area contributed by atoms with Crippen molar-refractivity contribution >= 4 is 22.8 Å². The van der Waals surface area contributed by atoms with E-state index in [0.717, 1.165) is 34.1 Å². The van der Waals surface area contributed by atoms with Crippen molar-refractivity contribution < 1.29 is 4.39 Å². The highest BCUT2D eigenvalue weighted by atomic mass is 19.1. The van der Waals surface area contributed by atoms with Crippen LogP contribution in [0.2, 0.25) is 0 Å². The highest BCUT2D eigenvalue weighted by Gasteiger charge is 2.04. The normalized spacial score (nSPS) is 12.7. The number of aromatic nitrogens is 1. The van der Waals surface area contributed by atoms with Crippen LogP contribution in [0.15, 0.2) is 84.0 Å². The average molecular weight is 384 g/mol. The number of nitrogens with zero attached hydrogens (tertiary/aromatic N) is 2. The van der Waals surface area contributed by atoms with Crippen LogP contribution in [0.25, 0.3) is 10.9 Å². The molecule has 0 radical (unpaired) electrons. The Bertz CT molecular complexity index is 1140. The third kappa shape index (κ3) is 4.45. The molecule has 3 heteroatoms. The summed E-state index contributed by atoms with van der Waals surface area (Å²) in [4.78, 5) is 4.62. The van der Waals surface area contributed by atoms with Crippen LogP contribution in [0.4, 0.5) is 10.1 Å². The fourth-order valence-electron chi connectivity index (χ4n) is 3.54. The molecule has 4 rings (SSSR count). The van der Waals surface area contributed by atoms with E-state index in [4.69, 9.17) is 0 Å². The standard InChI is InChI=1S/C26H25FN2/c1-3-19(2)22-8-10-25(11-9-22)28-17-20-7-12-26-23(15-20)13-14-29(26)18-21-5-4-6-24(27)16-21/h4-17,19H,3,18H2,1-2H3/t19-/m1/s1. The molecule has 0 aliphatic rings. The van der Waals surface area contributed by atoms with Crippen molar-refractivity contribution in [3.8, 4) is 0 Å². The maximum Gasteiger partial charge on any atom is 0.123 e. The third-order valence-corrected chi connectivity index (χ3v) is 5.47. The number of hydrogen-bond acceptors (Lipinski definition) is 1. The van der Waals surface area contributed by atoms with E-state index < -0.39 is 0 Å². The molecule has 1 atom stereocenters. The van der Waals surface area contributed by atoms with Gasteiger partial charge in [-0.3, -0.25) is 4.99 Å². The van der Waals surface area contributed by atoms with Crippen LogP contribution >= 0.6 is 0 Å².